The highest BCUT2D eigenvalue weighted by atomic mass is 16.4. The van der Waals surface area contributed by atoms with E-state index < -0.39 is 5.97 Å². The Morgan fingerprint density at radius 3 is 2.79 bits per heavy atom. The summed E-state index contributed by atoms with van der Waals surface area (Å²) in [4.78, 5) is 10.4. The number of rotatable bonds is 7. The molecule has 0 aliphatic heterocycles. The molecule has 0 saturated carbocycles. The van der Waals surface area contributed by atoms with Gasteiger partial charge in [0, 0.05) is 19.3 Å². The summed E-state index contributed by atoms with van der Waals surface area (Å²) in [7, 11) is 0. The van der Waals surface area contributed by atoms with Gasteiger partial charge in [-0.3, -0.25) is 4.79 Å². The van der Waals surface area contributed by atoms with Gasteiger partial charge in [0.15, 0.2) is 5.76 Å². The normalized spacial score (nSPS) is 10.8. The molecule has 0 aliphatic rings. The molecule has 2 heterocycles. The summed E-state index contributed by atoms with van der Waals surface area (Å²) in [5, 5.41) is 16.4. The summed E-state index contributed by atoms with van der Waals surface area (Å²) in [6, 6.07) is 3.69. The molecule has 0 bridgehead atoms. The summed E-state index contributed by atoms with van der Waals surface area (Å²) < 4.78 is 11.0. The lowest BCUT2D eigenvalue weighted by Gasteiger charge is -1.93. The predicted octanol–water partition coefficient (Wildman–Crippen LogP) is 2.69. The van der Waals surface area contributed by atoms with Crippen LogP contribution in [0.25, 0.3) is 11.7 Å². The van der Waals surface area contributed by atoms with E-state index in [2.05, 4.69) is 10.2 Å². The van der Waals surface area contributed by atoms with Crippen molar-refractivity contribution in [2.45, 2.75) is 39.0 Å². The zero-order valence-corrected chi connectivity index (χ0v) is 10.8. The van der Waals surface area contributed by atoms with Gasteiger partial charge in [-0.1, -0.05) is 6.92 Å². The zero-order chi connectivity index (χ0) is 13.7. The summed E-state index contributed by atoms with van der Waals surface area (Å²) in [6.45, 7) is 2.00. The minimum absolute atomic E-state index is 0.166. The quantitative estimate of drug-likeness (QED) is 0.773. The Kier molecular flexibility index (Phi) is 4.33. The lowest BCUT2D eigenvalue weighted by Crippen LogP contribution is -1.95. The van der Waals surface area contributed by atoms with Gasteiger partial charge < -0.3 is 13.9 Å². The van der Waals surface area contributed by atoms with Crippen LogP contribution >= 0.6 is 0 Å². The van der Waals surface area contributed by atoms with Crippen LogP contribution < -0.4 is 0 Å². The van der Waals surface area contributed by atoms with Crippen molar-refractivity contribution < 1.29 is 18.7 Å². The Morgan fingerprint density at radius 1 is 1.26 bits per heavy atom. The van der Waals surface area contributed by atoms with Gasteiger partial charge in [0.25, 0.3) is 5.89 Å². The third-order valence-electron chi connectivity index (χ3n) is 2.72. The fourth-order valence-corrected chi connectivity index (χ4v) is 1.69. The van der Waals surface area contributed by atoms with Crippen LogP contribution in [0, 0.1) is 0 Å². The highest BCUT2D eigenvalue weighted by Crippen LogP contribution is 2.21. The number of hydrogen-bond donors (Lipinski definition) is 1. The molecule has 0 aliphatic carbocycles. The summed E-state index contributed by atoms with van der Waals surface area (Å²) in [6.07, 6.45) is 2.89. The number of carboxylic acids is 1. The van der Waals surface area contributed by atoms with E-state index in [0.717, 1.165) is 12.2 Å². The van der Waals surface area contributed by atoms with Crippen molar-refractivity contribution in [3.05, 3.63) is 23.8 Å². The molecule has 1 N–H and O–H groups in total. The van der Waals surface area contributed by atoms with E-state index in [1.165, 1.54) is 0 Å². The summed E-state index contributed by atoms with van der Waals surface area (Å²) >= 11 is 0. The average Bonchev–Trinajstić information content (AvgIpc) is 3.02. The number of aryl methyl sites for hydroxylation is 2. The topological polar surface area (TPSA) is 89.4 Å². The Labute approximate surface area is 110 Å². The summed E-state index contributed by atoms with van der Waals surface area (Å²) in [5.74, 6) is 1.54. The second-order valence-electron chi connectivity index (χ2n) is 4.22. The van der Waals surface area contributed by atoms with Crippen molar-refractivity contribution in [1.29, 1.82) is 0 Å². The van der Waals surface area contributed by atoms with Crippen LogP contribution in [0.1, 0.15) is 37.8 Å². The molecule has 2 aromatic rings. The maximum atomic E-state index is 10.4. The van der Waals surface area contributed by atoms with Crippen molar-refractivity contribution in [3.63, 3.8) is 0 Å². The zero-order valence-electron chi connectivity index (χ0n) is 10.8. The van der Waals surface area contributed by atoms with Gasteiger partial charge in [0.2, 0.25) is 5.89 Å². The van der Waals surface area contributed by atoms with Crippen LogP contribution in [0.4, 0.5) is 0 Å². The second kappa shape index (κ2) is 6.17. The molecule has 2 rings (SSSR count). The van der Waals surface area contributed by atoms with E-state index in [1.54, 1.807) is 6.07 Å². The maximum Gasteiger partial charge on any atom is 0.303 e. The fourth-order valence-electron chi connectivity index (χ4n) is 1.69. The minimum Gasteiger partial charge on any atom is -0.481 e. The SMILES string of the molecule is CCc1ccc(-c2nnc(CCCCC(=O)O)o2)o1. The first-order valence-corrected chi connectivity index (χ1v) is 6.32. The molecule has 6 heteroatoms. The Hall–Kier alpha value is -2.11. The van der Waals surface area contributed by atoms with E-state index in [1.807, 2.05) is 13.0 Å². The molecule has 0 saturated heterocycles. The van der Waals surface area contributed by atoms with Crippen LogP contribution in [0.15, 0.2) is 21.0 Å². The lowest BCUT2D eigenvalue weighted by atomic mass is 10.2. The number of aromatic nitrogens is 2. The van der Waals surface area contributed by atoms with Gasteiger partial charge in [-0.25, -0.2) is 0 Å². The molecule has 19 heavy (non-hydrogen) atoms. The molecule has 0 spiro atoms. The van der Waals surface area contributed by atoms with Gasteiger partial charge in [-0.15, -0.1) is 10.2 Å². The molecule has 6 nitrogen and oxygen atoms in total. The van der Waals surface area contributed by atoms with Crippen LogP contribution in [-0.4, -0.2) is 21.3 Å². The predicted molar refractivity (Wildman–Crippen MR) is 66.6 cm³/mol. The maximum absolute atomic E-state index is 10.4. The van der Waals surface area contributed by atoms with Crippen LogP contribution in [0.2, 0.25) is 0 Å². The van der Waals surface area contributed by atoms with E-state index >= 15 is 0 Å². The van der Waals surface area contributed by atoms with Gasteiger partial charge in [0.05, 0.1) is 0 Å². The highest BCUT2D eigenvalue weighted by Gasteiger charge is 2.12. The van der Waals surface area contributed by atoms with Gasteiger partial charge in [-0.05, 0) is 25.0 Å². The highest BCUT2D eigenvalue weighted by molar-refractivity contribution is 5.66. The standard InChI is InChI=1S/C13H16N2O4/c1-2-9-7-8-10(18-9)13-15-14-11(19-13)5-3-4-6-12(16)17/h7-8H,2-6H2,1H3,(H,16,17). The molecular weight excluding hydrogens is 248 g/mol. The Bertz CT molecular complexity index is 544. The van der Waals surface area contributed by atoms with Gasteiger partial charge >= 0.3 is 5.97 Å². The number of nitrogens with zero attached hydrogens (tertiary/aromatic N) is 2. The number of unbranched alkanes of at least 4 members (excludes halogenated alkanes) is 1. The molecular formula is C13H16N2O4. The molecule has 0 atom stereocenters. The third kappa shape index (κ3) is 3.67. The van der Waals surface area contributed by atoms with Crippen LogP contribution in [0.5, 0.6) is 0 Å². The molecule has 0 fully saturated rings. The lowest BCUT2D eigenvalue weighted by molar-refractivity contribution is -0.137. The van der Waals surface area contributed by atoms with E-state index in [-0.39, 0.29) is 6.42 Å². The molecule has 0 radical (unpaired) electrons. The Balaban J connectivity index is 1.89. The Morgan fingerprint density at radius 2 is 2.11 bits per heavy atom. The number of furan rings is 1. The van der Waals surface area contributed by atoms with Crippen molar-refractivity contribution >= 4 is 5.97 Å². The van der Waals surface area contributed by atoms with Crippen LogP contribution in [0.3, 0.4) is 0 Å². The van der Waals surface area contributed by atoms with Crippen molar-refractivity contribution in [3.8, 4) is 11.7 Å². The average molecular weight is 264 g/mol. The fraction of sp³-hybridized carbons (Fsp3) is 0.462. The summed E-state index contributed by atoms with van der Waals surface area (Å²) in [5.41, 5.74) is 0. The largest absolute Gasteiger partial charge is 0.481 e. The smallest absolute Gasteiger partial charge is 0.303 e. The number of hydrogen-bond acceptors (Lipinski definition) is 5. The first kappa shape index (κ1) is 13.3. The second-order valence-corrected chi connectivity index (χ2v) is 4.22. The number of aliphatic carboxylic acids is 1. The van der Waals surface area contributed by atoms with Gasteiger partial charge in [0.1, 0.15) is 5.76 Å². The van der Waals surface area contributed by atoms with Crippen molar-refractivity contribution in [2.75, 3.05) is 0 Å². The number of carbonyl (C=O) groups is 1. The third-order valence-corrected chi connectivity index (χ3v) is 2.72. The molecule has 0 amide bonds. The molecule has 102 valence electrons. The number of carboxylic acid groups (broad SMARTS) is 1. The molecule has 0 unspecified atom stereocenters. The van der Waals surface area contributed by atoms with E-state index in [9.17, 15) is 4.79 Å². The molecule has 2 aromatic heterocycles. The molecule has 0 aromatic carbocycles. The van der Waals surface area contributed by atoms with Crippen LogP contribution in [-0.2, 0) is 17.6 Å². The first-order valence-electron chi connectivity index (χ1n) is 6.32. The van der Waals surface area contributed by atoms with E-state index in [4.69, 9.17) is 13.9 Å². The monoisotopic (exact) mass is 264 g/mol. The van der Waals surface area contributed by atoms with Crippen molar-refractivity contribution in [1.82, 2.24) is 10.2 Å². The first-order chi connectivity index (χ1) is 9.19. The van der Waals surface area contributed by atoms with Crippen molar-refractivity contribution in [2.24, 2.45) is 0 Å². The van der Waals surface area contributed by atoms with E-state index in [0.29, 0.717) is 36.8 Å². The van der Waals surface area contributed by atoms with Gasteiger partial charge in [-0.2, -0.15) is 0 Å². The minimum atomic E-state index is -0.783.